The van der Waals surface area contributed by atoms with E-state index >= 15 is 0 Å². The molecule has 1 heteroatoms. The van der Waals surface area contributed by atoms with Crippen molar-refractivity contribution >= 4 is 15.9 Å². The predicted molar refractivity (Wildman–Crippen MR) is 191 cm³/mol. The lowest BCUT2D eigenvalue weighted by atomic mass is 9.78. The van der Waals surface area contributed by atoms with Gasteiger partial charge >= 0.3 is 0 Å². The monoisotopic (exact) mass is 636 g/mol. The highest BCUT2D eigenvalue weighted by Gasteiger charge is 2.44. The molecule has 5 aromatic carbocycles. The van der Waals surface area contributed by atoms with Crippen LogP contribution in [0.4, 0.5) is 0 Å². The van der Waals surface area contributed by atoms with Crippen molar-refractivity contribution in [3.8, 4) is 44.5 Å². The Morgan fingerprint density at radius 2 is 0.773 bits per heavy atom. The van der Waals surface area contributed by atoms with E-state index in [0.29, 0.717) is 0 Å². The van der Waals surface area contributed by atoms with E-state index in [-0.39, 0.29) is 21.7 Å². The molecule has 0 N–H and O–H groups in total. The second-order valence-electron chi connectivity index (χ2n) is 16.0. The van der Waals surface area contributed by atoms with Gasteiger partial charge in [-0.25, -0.2) is 0 Å². The van der Waals surface area contributed by atoms with Gasteiger partial charge in [0, 0.05) is 20.7 Å². The first kappa shape index (κ1) is 28.1. The molecule has 0 saturated carbocycles. The van der Waals surface area contributed by atoms with Crippen LogP contribution in [0, 0.1) is 0 Å². The summed E-state index contributed by atoms with van der Waals surface area (Å²) in [4.78, 5) is 0. The van der Waals surface area contributed by atoms with Crippen LogP contribution in [-0.4, -0.2) is 0 Å². The van der Waals surface area contributed by atoms with Gasteiger partial charge < -0.3 is 0 Å². The molecular weight excluding hydrogens is 596 g/mol. The van der Waals surface area contributed by atoms with Gasteiger partial charge in [-0.3, -0.25) is 0 Å². The fourth-order valence-electron chi connectivity index (χ4n) is 8.50. The van der Waals surface area contributed by atoms with Crippen LogP contribution in [0.3, 0.4) is 0 Å². The molecule has 0 radical (unpaired) electrons. The van der Waals surface area contributed by atoms with Crippen LogP contribution < -0.4 is 0 Å². The zero-order valence-electron chi connectivity index (χ0n) is 27.5. The van der Waals surface area contributed by atoms with Gasteiger partial charge in [-0.2, -0.15) is 0 Å². The number of halogens is 1. The lowest BCUT2D eigenvalue weighted by Crippen LogP contribution is -2.17. The Labute approximate surface area is 271 Å². The Hall–Kier alpha value is -3.42. The van der Waals surface area contributed by atoms with Crippen LogP contribution in [-0.2, 0) is 21.7 Å². The van der Waals surface area contributed by atoms with Crippen LogP contribution in [0.25, 0.3) is 44.5 Å². The summed E-state index contributed by atoms with van der Waals surface area (Å²) in [6, 6.07) is 33.3. The first-order valence-corrected chi connectivity index (χ1v) is 16.8. The number of benzene rings is 5. The average molecular weight is 638 g/mol. The SMILES string of the molecule is CC(C)(C)c1ccc(-c2ccc3c(c2)C(C)(C)c2cc4c(cc2-3)C(C)(C)c2cc3c(cc2-4)C(C)(C)c2cc(Br)ccc2-3)cc1. The predicted octanol–water partition coefficient (Wildman–Crippen LogP) is 12.3. The maximum atomic E-state index is 3.73. The maximum absolute atomic E-state index is 3.73. The van der Waals surface area contributed by atoms with Gasteiger partial charge in [0.05, 0.1) is 0 Å². The van der Waals surface area contributed by atoms with E-state index in [1.165, 1.54) is 83.5 Å². The molecule has 0 heterocycles. The molecule has 0 unspecified atom stereocenters. The van der Waals surface area contributed by atoms with Gasteiger partial charge in [-0.15, -0.1) is 0 Å². The molecule has 44 heavy (non-hydrogen) atoms. The lowest BCUT2D eigenvalue weighted by Gasteiger charge is -2.25. The van der Waals surface area contributed by atoms with Crippen molar-refractivity contribution in [2.45, 2.75) is 84.0 Å². The third-order valence-corrected chi connectivity index (χ3v) is 11.8. The first-order chi connectivity index (χ1) is 20.6. The summed E-state index contributed by atoms with van der Waals surface area (Å²) in [5.41, 5.74) is 21.0. The zero-order chi connectivity index (χ0) is 31.1. The minimum Gasteiger partial charge on any atom is -0.0579 e. The Morgan fingerprint density at radius 3 is 1.23 bits per heavy atom. The van der Waals surface area contributed by atoms with Gasteiger partial charge in [0.1, 0.15) is 0 Å². The molecule has 0 amide bonds. The molecule has 0 spiro atoms. The largest absolute Gasteiger partial charge is 0.0579 e. The van der Waals surface area contributed by atoms with Gasteiger partial charge in [0.2, 0.25) is 0 Å². The minimum atomic E-state index is -0.0769. The number of hydrogen-bond acceptors (Lipinski definition) is 0. The van der Waals surface area contributed by atoms with Gasteiger partial charge in [0.25, 0.3) is 0 Å². The number of hydrogen-bond donors (Lipinski definition) is 0. The molecular formula is C43H41Br. The van der Waals surface area contributed by atoms with Crippen molar-refractivity contribution < 1.29 is 0 Å². The summed E-state index contributed by atoms with van der Waals surface area (Å²) in [5, 5.41) is 0. The summed E-state index contributed by atoms with van der Waals surface area (Å²) < 4.78 is 1.15. The molecule has 0 saturated heterocycles. The smallest absolute Gasteiger partial charge is 0.0178 e. The van der Waals surface area contributed by atoms with Crippen molar-refractivity contribution in [2.75, 3.05) is 0 Å². The molecule has 3 aliphatic carbocycles. The van der Waals surface area contributed by atoms with Crippen LogP contribution in [0.1, 0.15) is 101 Å². The standard InChI is InChI=1S/C43H41Br/c1-40(2,3)26-13-10-24(11-14-26)25-12-16-28-30-20-38-32(22-36(30)41(4,5)34(28)18-25)33-23-37-31(21-39(33)43(38,8)9)29-17-15-27(44)19-35(29)42(37,6)7/h10-23H,1-9H3. The molecule has 0 fully saturated rings. The van der Waals surface area contributed by atoms with Crippen LogP contribution in [0.15, 0.2) is 89.4 Å². The van der Waals surface area contributed by atoms with E-state index < -0.39 is 0 Å². The van der Waals surface area contributed by atoms with Crippen molar-refractivity contribution in [1.29, 1.82) is 0 Å². The molecule has 0 atom stereocenters. The first-order valence-electron chi connectivity index (χ1n) is 16.0. The Kier molecular flexibility index (Phi) is 5.51. The molecule has 0 aliphatic heterocycles. The second kappa shape index (κ2) is 8.64. The van der Waals surface area contributed by atoms with Crippen molar-refractivity contribution in [2.24, 2.45) is 0 Å². The quantitative estimate of drug-likeness (QED) is 0.172. The maximum Gasteiger partial charge on any atom is 0.0178 e. The fourth-order valence-corrected chi connectivity index (χ4v) is 8.86. The fraction of sp³-hybridized carbons (Fsp3) is 0.302. The highest BCUT2D eigenvalue weighted by molar-refractivity contribution is 9.10. The average Bonchev–Trinajstić information content (AvgIpc) is 3.43. The molecule has 0 aromatic heterocycles. The highest BCUT2D eigenvalue weighted by atomic mass is 79.9. The van der Waals surface area contributed by atoms with E-state index in [2.05, 4.69) is 163 Å². The summed E-state index contributed by atoms with van der Waals surface area (Å²) in [6.45, 7) is 21.3. The van der Waals surface area contributed by atoms with E-state index in [1.807, 2.05) is 0 Å². The highest BCUT2D eigenvalue weighted by Crippen LogP contribution is 2.59. The topological polar surface area (TPSA) is 0 Å². The van der Waals surface area contributed by atoms with E-state index in [1.54, 1.807) is 0 Å². The van der Waals surface area contributed by atoms with Crippen molar-refractivity contribution in [1.82, 2.24) is 0 Å². The molecule has 3 aliphatic rings. The Bertz CT molecular complexity index is 2060. The normalized spacial score (nSPS) is 17.4. The minimum absolute atomic E-state index is 0.0376. The van der Waals surface area contributed by atoms with Crippen molar-refractivity contribution in [3.63, 3.8) is 0 Å². The van der Waals surface area contributed by atoms with Crippen molar-refractivity contribution in [3.05, 3.63) is 128 Å². The molecule has 0 bridgehead atoms. The summed E-state index contributed by atoms with van der Waals surface area (Å²) in [5.74, 6) is 0. The molecule has 8 rings (SSSR count). The molecule has 220 valence electrons. The Morgan fingerprint density at radius 1 is 0.409 bits per heavy atom. The summed E-state index contributed by atoms with van der Waals surface area (Å²) in [7, 11) is 0. The number of fused-ring (bicyclic) bond motifs is 9. The molecule has 5 aromatic rings. The van der Waals surface area contributed by atoms with Gasteiger partial charge in [-0.1, -0.05) is 121 Å². The third-order valence-electron chi connectivity index (χ3n) is 11.3. The zero-order valence-corrected chi connectivity index (χ0v) is 29.0. The Balaban J connectivity index is 1.26. The van der Waals surface area contributed by atoms with Gasteiger partial charge in [0.15, 0.2) is 0 Å². The van der Waals surface area contributed by atoms with Gasteiger partial charge in [-0.05, 0) is 131 Å². The van der Waals surface area contributed by atoms with Crippen LogP contribution >= 0.6 is 15.9 Å². The second-order valence-corrected chi connectivity index (χ2v) is 17.0. The number of rotatable bonds is 1. The van der Waals surface area contributed by atoms with E-state index in [4.69, 9.17) is 0 Å². The third kappa shape index (κ3) is 3.63. The summed E-state index contributed by atoms with van der Waals surface area (Å²) in [6.07, 6.45) is 0. The summed E-state index contributed by atoms with van der Waals surface area (Å²) >= 11 is 3.73. The van der Waals surface area contributed by atoms with E-state index in [9.17, 15) is 0 Å². The van der Waals surface area contributed by atoms with E-state index in [0.717, 1.165) is 4.47 Å². The van der Waals surface area contributed by atoms with Crippen LogP contribution in [0.5, 0.6) is 0 Å². The lowest BCUT2D eigenvalue weighted by molar-refractivity contribution is 0.590. The van der Waals surface area contributed by atoms with Crippen LogP contribution in [0.2, 0.25) is 0 Å². The molecule has 0 nitrogen and oxygen atoms in total.